The second-order valence-electron chi connectivity index (χ2n) is 4.99. The molecule has 0 aliphatic rings. The van der Waals surface area contributed by atoms with Crippen LogP contribution in [0.3, 0.4) is 0 Å². The van der Waals surface area contributed by atoms with Crippen molar-refractivity contribution in [3.8, 4) is 6.07 Å². The van der Waals surface area contributed by atoms with Gasteiger partial charge in [0.1, 0.15) is 16.6 Å². The molecular weight excluding hydrogens is 270 g/mol. The molecule has 0 saturated carbocycles. The number of imidazole rings is 1. The summed E-state index contributed by atoms with van der Waals surface area (Å²) >= 11 is 1.58. The maximum atomic E-state index is 9.17. The Balaban J connectivity index is 2.33. The van der Waals surface area contributed by atoms with E-state index >= 15 is 0 Å². The molecule has 2 aromatic heterocycles. The number of nitrogen functional groups attached to an aromatic ring is 1. The fourth-order valence-electron chi connectivity index (χ4n) is 2.42. The summed E-state index contributed by atoms with van der Waals surface area (Å²) in [5, 5.41) is 12.1. The molecule has 2 N–H and O–H groups in total. The molecule has 0 radical (unpaired) electrons. The fourth-order valence-corrected chi connectivity index (χ4v) is 3.17. The van der Waals surface area contributed by atoms with Crippen LogP contribution >= 0.6 is 11.3 Å². The molecule has 0 aliphatic carbocycles. The van der Waals surface area contributed by atoms with Crippen molar-refractivity contribution < 1.29 is 0 Å². The van der Waals surface area contributed by atoms with E-state index in [4.69, 9.17) is 5.73 Å². The number of nitriles is 1. The van der Waals surface area contributed by atoms with Crippen molar-refractivity contribution in [1.82, 2.24) is 14.5 Å². The van der Waals surface area contributed by atoms with Gasteiger partial charge in [0.15, 0.2) is 0 Å². The van der Waals surface area contributed by atoms with Crippen LogP contribution < -0.4 is 5.73 Å². The van der Waals surface area contributed by atoms with Gasteiger partial charge in [-0.2, -0.15) is 5.26 Å². The first-order valence-electron chi connectivity index (χ1n) is 6.13. The molecule has 0 spiro atoms. The third kappa shape index (κ3) is 1.67. The van der Waals surface area contributed by atoms with Gasteiger partial charge in [-0.25, -0.2) is 9.97 Å². The van der Waals surface area contributed by atoms with Crippen molar-refractivity contribution in [2.24, 2.45) is 0 Å². The van der Waals surface area contributed by atoms with Gasteiger partial charge in [-0.05, 0) is 26.0 Å². The second-order valence-corrected chi connectivity index (χ2v) is 5.88. The minimum absolute atomic E-state index is 0.392. The van der Waals surface area contributed by atoms with E-state index < -0.39 is 5.54 Å². The van der Waals surface area contributed by atoms with E-state index in [1.807, 2.05) is 35.9 Å². The van der Waals surface area contributed by atoms with Crippen LogP contribution in [0.4, 0.5) is 5.95 Å². The predicted molar refractivity (Wildman–Crippen MR) is 79.4 cm³/mol. The van der Waals surface area contributed by atoms with Gasteiger partial charge < -0.3 is 5.73 Å². The van der Waals surface area contributed by atoms with E-state index in [2.05, 4.69) is 16.0 Å². The van der Waals surface area contributed by atoms with Crippen molar-refractivity contribution in [2.45, 2.75) is 19.4 Å². The minimum atomic E-state index is -0.416. The zero-order chi connectivity index (χ0) is 14.3. The van der Waals surface area contributed by atoms with Gasteiger partial charge in [-0.1, -0.05) is 6.07 Å². The zero-order valence-electron chi connectivity index (χ0n) is 11.2. The molecule has 0 atom stereocenters. The van der Waals surface area contributed by atoms with Crippen LogP contribution in [-0.4, -0.2) is 14.5 Å². The molecule has 3 aromatic rings. The minimum Gasteiger partial charge on any atom is -0.369 e. The van der Waals surface area contributed by atoms with Crippen LogP contribution in [0, 0.1) is 11.3 Å². The lowest BCUT2D eigenvalue weighted by atomic mass is 10.1. The molecule has 5 nitrogen and oxygen atoms in total. The Hall–Kier alpha value is -2.39. The molecular formula is C14H13N5S. The van der Waals surface area contributed by atoms with E-state index in [1.165, 1.54) is 0 Å². The summed E-state index contributed by atoms with van der Waals surface area (Å²) in [5.41, 5.74) is 7.69. The Labute approximate surface area is 120 Å². The van der Waals surface area contributed by atoms with Gasteiger partial charge in [-0.15, -0.1) is 11.3 Å². The molecule has 100 valence electrons. The monoisotopic (exact) mass is 283 g/mol. The SMILES string of the molecule is CC(C)(c1nccs1)n1c(N)nc2c(C#N)cccc21. The molecule has 3 rings (SSSR count). The smallest absolute Gasteiger partial charge is 0.202 e. The van der Waals surface area contributed by atoms with Crippen LogP contribution in [0.15, 0.2) is 29.8 Å². The summed E-state index contributed by atoms with van der Waals surface area (Å²) in [5.74, 6) is 0.392. The molecule has 0 bridgehead atoms. The molecule has 6 heteroatoms. The Kier molecular flexibility index (Phi) is 2.73. The highest BCUT2D eigenvalue weighted by Crippen LogP contribution is 2.34. The van der Waals surface area contributed by atoms with Gasteiger partial charge in [0.25, 0.3) is 0 Å². The van der Waals surface area contributed by atoms with Gasteiger partial charge >= 0.3 is 0 Å². The van der Waals surface area contributed by atoms with Crippen LogP contribution in [0.5, 0.6) is 0 Å². The summed E-state index contributed by atoms with van der Waals surface area (Å²) < 4.78 is 1.93. The molecule has 0 unspecified atom stereocenters. The standard InChI is InChI=1S/C14H13N5S/c1-14(2,12-17-6-7-20-12)19-10-5-3-4-9(8-15)11(10)18-13(19)16/h3-7H,1-2H3,(H2,16,18). The van der Waals surface area contributed by atoms with Crippen molar-refractivity contribution >= 4 is 28.3 Å². The molecule has 0 aliphatic heterocycles. The number of fused-ring (bicyclic) bond motifs is 1. The summed E-state index contributed by atoms with van der Waals surface area (Å²) in [6.45, 7) is 4.09. The molecule has 0 amide bonds. The van der Waals surface area contributed by atoms with Gasteiger partial charge in [0, 0.05) is 11.6 Å². The highest BCUT2D eigenvalue weighted by atomic mass is 32.1. The quantitative estimate of drug-likeness (QED) is 0.784. The van der Waals surface area contributed by atoms with E-state index in [-0.39, 0.29) is 0 Å². The molecule has 0 fully saturated rings. The largest absolute Gasteiger partial charge is 0.369 e. The topological polar surface area (TPSA) is 80.5 Å². The van der Waals surface area contributed by atoms with Gasteiger partial charge in [0.2, 0.25) is 5.95 Å². The van der Waals surface area contributed by atoms with E-state index in [9.17, 15) is 5.26 Å². The maximum Gasteiger partial charge on any atom is 0.202 e. The van der Waals surface area contributed by atoms with Crippen molar-refractivity contribution in [2.75, 3.05) is 5.73 Å². The zero-order valence-corrected chi connectivity index (χ0v) is 12.0. The fraction of sp³-hybridized carbons (Fsp3) is 0.214. The first-order chi connectivity index (χ1) is 9.55. The van der Waals surface area contributed by atoms with Crippen molar-refractivity contribution in [1.29, 1.82) is 5.26 Å². The van der Waals surface area contributed by atoms with Crippen LogP contribution in [-0.2, 0) is 5.54 Å². The number of para-hydroxylation sites is 1. The summed E-state index contributed by atoms with van der Waals surface area (Å²) in [7, 11) is 0. The van der Waals surface area contributed by atoms with Crippen molar-refractivity contribution in [3.63, 3.8) is 0 Å². The number of nitrogens with two attached hydrogens (primary N) is 1. The Morgan fingerprint density at radius 3 is 2.85 bits per heavy atom. The lowest BCUT2D eigenvalue weighted by Crippen LogP contribution is -2.28. The van der Waals surface area contributed by atoms with Crippen LogP contribution in [0.25, 0.3) is 11.0 Å². The average Bonchev–Trinajstić information content (AvgIpc) is 3.04. The predicted octanol–water partition coefficient (Wildman–Crippen LogP) is 2.73. The number of hydrogen-bond acceptors (Lipinski definition) is 5. The third-order valence-corrected chi connectivity index (χ3v) is 4.43. The maximum absolute atomic E-state index is 9.17. The number of thiazole rings is 1. The van der Waals surface area contributed by atoms with Gasteiger partial charge in [0.05, 0.1) is 16.6 Å². The van der Waals surface area contributed by atoms with Gasteiger partial charge in [-0.3, -0.25) is 4.57 Å². The molecule has 0 saturated heterocycles. The Morgan fingerprint density at radius 2 is 2.20 bits per heavy atom. The van der Waals surface area contributed by atoms with E-state index in [1.54, 1.807) is 23.6 Å². The summed E-state index contributed by atoms with van der Waals surface area (Å²) in [6, 6.07) is 7.67. The Morgan fingerprint density at radius 1 is 1.40 bits per heavy atom. The highest BCUT2D eigenvalue weighted by molar-refractivity contribution is 7.09. The van der Waals surface area contributed by atoms with E-state index in [0.29, 0.717) is 17.0 Å². The number of aromatic nitrogens is 3. The highest BCUT2D eigenvalue weighted by Gasteiger charge is 2.30. The first kappa shape index (κ1) is 12.6. The third-order valence-electron chi connectivity index (χ3n) is 3.35. The second kappa shape index (κ2) is 4.32. The summed E-state index contributed by atoms with van der Waals surface area (Å²) in [6.07, 6.45) is 1.78. The number of nitrogens with zero attached hydrogens (tertiary/aromatic N) is 4. The lowest BCUT2D eigenvalue weighted by molar-refractivity contribution is 0.452. The lowest BCUT2D eigenvalue weighted by Gasteiger charge is -2.26. The van der Waals surface area contributed by atoms with Crippen molar-refractivity contribution in [3.05, 3.63) is 40.3 Å². The molecule has 1 aromatic carbocycles. The summed E-state index contributed by atoms with van der Waals surface area (Å²) in [4.78, 5) is 8.74. The first-order valence-corrected chi connectivity index (χ1v) is 7.01. The number of hydrogen-bond donors (Lipinski definition) is 1. The Bertz CT molecular complexity index is 808. The van der Waals surface area contributed by atoms with E-state index in [0.717, 1.165) is 10.5 Å². The van der Waals surface area contributed by atoms with Crippen LogP contribution in [0.2, 0.25) is 0 Å². The molecule has 2 heterocycles. The number of rotatable bonds is 2. The normalized spacial score (nSPS) is 11.7. The van der Waals surface area contributed by atoms with Crippen LogP contribution in [0.1, 0.15) is 24.4 Å². The molecule has 20 heavy (non-hydrogen) atoms. The average molecular weight is 283 g/mol. The number of anilines is 1. The number of benzene rings is 1.